The predicted octanol–water partition coefficient (Wildman–Crippen LogP) is 5.69. The third-order valence-corrected chi connectivity index (χ3v) is 5.95. The molecule has 0 aliphatic carbocycles. The third kappa shape index (κ3) is 5.09. The molecule has 0 bridgehead atoms. The number of carbonyl (C=O) groups excluding carboxylic acids is 1. The second kappa shape index (κ2) is 8.54. The number of halogens is 5. The number of amides is 1. The summed E-state index contributed by atoms with van der Waals surface area (Å²) in [5, 5.41) is 3.23. The summed E-state index contributed by atoms with van der Waals surface area (Å²) in [6.07, 6.45) is -3.50. The number of rotatable bonds is 5. The van der Waals surface area contributed by atoms with Crippen LogP contribution >= 0.6 is 0 Å². The average molecular weight is 451 g/mol. The normalized spacial score (nSPS) is 18.2. The first-order valence-electron chi connectivity index (χ1n) is 10.3. The number of nitrogens with zero attached hydrogens (tertiary/aromatic N) is 1. The average Bonchev–Trinajstić information content (AvgIpc) is 3.31. The van der Waals surface area contributed by atoms with Crippen molar-refractivity contribution < 1.29 is 26.7 Å². The van der Waals surface area contributed by atoms with Crippen molar-refractivity contribution in [1.82, 2.24) is 9.88 Å². The van der Waals surface area contributed by atoms with E-state index in [1.165, 1.54) is 4.90 Å². The topological polar surface area (TPSA) is 48.1 Å². The summed E-state index contributed by atoms with van der Waals surface area (Å²) in [6.45, 7) is 1.93. The number of aromatic amines is 1. The molecule has 9 heteroatoms. The van der Waals surface area contributed by atoms with Gasteiger partial charge in [0.15, 0.2) is 0 Å². The molecule has 1 saturated heterocycles. The summed E-state index contributed by atoms with van der Waals surface area (Å²) in [4.78, 5) is 16.9. The Labute approximate surface area is 181 Å². The summed E-state index contributed by atoms with van der Waals surface area (Å²) >= 11 is 0. The maximum Gasteiger partial charge on any atom is 0.401 e. The van der Waals surface area contributed by atoms with Gasteiger partial charge < -0.3 is 10.3 Å². The Bertz CT molecular complexity index is 1120. The van der Waals surface area contributed by atoms with Crippen LogP contribution in [0.15, 0.2) is 42.5 Å². The van der Waals surface area contributed by atoms with Crippen molar-refractivity contribution in [3.8, 4) is 0 Å². The van der Waals surface area contributed by atoms with E-state index in [4.69, 9.17) is 0 Å². The lowest BCUT2D eigenvalue weighted by Crippen LogP contribution is -2.32. The molecule has 0 radical (unpaired) electrons. The van der Waals surface area contributed by atoms with Gasteiger partial charge in [0, 0.05) is 29.2 Å². The van der Waals surface area contributed by atoms with E-state index in [0.717, 1.165) is 23.1 Å². The van der Waals surface area contributed by atoms with Gasteiger partial charge >= 0.3 is 6.18 Å². The summed E-state index contributed by atoms with van der Waals surface area (Å²) in [6, 6.07) is 10.0. The van der Waals surface area contributed by atoms with E-state index in [1.807, 2.05) is 25.1 Å². The number of aromatic nitrogens is 1. The van der Waals surface area contributed by atoms with Gasteiger partial charge in [0.25, 0.3) is 5.91 Å². The molecule has 2 N–H and O–H groups in total. The van der Waals surface area contributed by atoms with Gasteiger partial charge in [0.05, 0.1) is 6.54 Å². The first kappa shape index (κ1) is 22.3. The van der Waals surface area contributed by atoms with Crippen LogP contribution in [-0.4, -0.2) is 41.6 Å². The van der Waals surface area contributed by atoms with Gasteiger partial charge in [-0.1, -0.05) is 13.0 Å². The maximum atomic E-state index is 13.3. The number of benzene rings is 2. The van der Waals surface area contributed by atoms with Crippen LogP contribution in [0.1, 0.15) is 35.3 Å². The third-order valence-electron chi connectivity index (χ3n) is 5.95. The smallest absolute Gasteiger partial charge is 0.351 e. The van der Waals surface area contributed by atoms with Crippen molar-refractivity contribution in [1.29, 1.82) is 0 Å². The van der Waals surface area contributed by atoms with Crippen LogP contribution in [0.3, 0.4) is 0 Å². The minimum absolute atomic E-state index is 0.00473. The van der Waals surface area contributed by atoms with Gasteiger partial charge in [-0.25, -0.2) is 8.78 Å². The number of nitrogens with one attached hydrogen (secondary N) is 2. The summed E-state index contributed by atoms with van der Waals surface area (Å²) in [5.41, 5.74) is 1.92. The lowest BCUT2D eigenvalue weighted by molar-refractivity contribution is -0.143. The van der Waals surface area contributed by atoms with Crippen molar-refractivity contribution >= 4 is 22.5 Å². The Balaban J connectivity index is 1.47. The molecule has 2 heterocycles. The van der Waals surface area contributed by atoms with E-state index in [1.54, 1.807) is 6.07 Å². The van der Waals surface area contributed by atoms with Crippen LogP contribution in [0, 0.1) is 17.6 Å². The molecule has 1 aromatic heterocycles. The number of hydrogen-bond donors (Lipinski definition) is 2. The molecular formula is C23H22F5N3O. The quantitative estimate of drug-likeness (QED) is 0.490. The van der Waals surface area contributed by atoms with Gasteiger partial charge in [-0.05, 0) is 60.7 Å². The Kier molecular flexibility index (Phi) is 5.94. The van der Waals surface area contributed by atoms with E-state index in [-0.39, 0.29) is 23.2 Å². The molecule has 1 aliphatic rings. The number of H-pyrrole nitrogens is 1. The Hall–Kier alpha value is -2.94. The summed E-state index contributed by atoms with van der Waals surface area (Å²) < 4.78 is 64.7. The van der Waals surface area contributed by atoms with E-state index in [0.29, 0.717) is 31.1 Å². The number of fused-ring (bicyclic) bond motifs is 1. The molecule has 1 amide bonds. The fourth-order valence-electron chi connectivity index (χ4n) is 4.32. The van der Waals surface area contributed by atoms with Crippen LogP contribution in [-0.2, 0) is 0 Å². The molecule has 32 heavy (non-hydrogen) atoms. The lowest BCUT2D eigenvalue weighted by atomic mass is 9.86. The molecule has 2 atom stereocenters. The molecule has 1 aliphatic heterocycles. The zero-order valence-corrected chi connectivity index (χ0v) is 17.3. The Morgan fingerprint density at radius 1 is 1.16 bits per heavy atom. The number of anilines is 1. The van der Waals surface area contributed by atoms with Gasteiger partial charge in [-0.15, -0.1) is 0 Å². The number of likely N-dealkylation sites (tertiary alicyclic amines) is 1. The molecule has 4 nitrogen and oxygen atoms in total. The molecule has 1 fully saturated rings. The van der Waals surface area contributed by atoms with E-state index < -0.39 is 30.3 Å². The Morgan fingerprint density at radius 3 is 2.56 bits per heavy atom. The second-order valence-corrected chi connectivity index (χ2v) is 8.33. The zero-order valence-electron chi connectivity index (χ0n) is 17.3. The Morgan fingerprint density at radius 2 is 1.88 bits per heavy atom. The van der Waals surface area contributed by atoms with Crippen LogP contribution in [0.5, 0.6) is 0 Å². The molecular weight excluding hydrogens is 429 g/mol. The van der Waals surface area contributed by atoms with E-state index in [2.05, 4.69) is 10.3 Å². The van der Waals surface area contributed by atoms with Gasteiger partial charge in [0.1, 0.15) is 17.3 Å². The van der Waals surface area contributed by atoms with Crippen molar-refractivity contribution in [3.63, 3.8) is 0 Å². The van der Waals surface area contributed by atoms with E-state index in [9.17, 15) is 26.7 Å². The lowest BCUT2D eigenvalue weighted by Gasteiger charge is -2.21. The van der Waals surface area contributed by atoms with Gasteiger partial charge in [-0.3, -0.25) is 9.69 Å². The van der Waals surface area contributed by atoms with Crippen LogP contribution < -0.4 is 5.32 Å². The highest BCUT2D eigenvalue weighted by Crippen LogP contribution is 2.34. The molecule has 0 saturated carbocycles. The minimum Gasteiger partial charge on any atom is -0.351 e. The first-order chi connectivity index (χ1) is 15.1. The van der Waals surface area contributed by atoms with Crippen LogP contribution in [0.2, 0.25) is 0 Å². The predicted molar refractivity (Wildman–Crippen MR) is 112 cm³/mol. The molecule has 3 aromatic rings. The number of hydrogen-bond acceptors (Lipinski definition) is 2. The highest BCUT2D eigenvalue weighted by molar-refractivity contribution is 6.06. The van der Waals surface area contributed by atoms with Crippen molar-refractivity contribution in [2.24, 2.45) is 5.92 Å². The molecule has 0 spiro atoms. The zero-order chi connectivity index (χ0) is 23.0. The van der Waals surface area contributed by atoms with Gasteiger partial charge in [-0.2, -0.15) is 13.2 Å². The molecule has 4 rings (SSSR count). The monoisotopic (exact) mass is 451 g/mol. The second-order valence-electron chi connectivity index (χ2n) is 8.33. The fraction of sp³-hybridized carbons (Fsp3) is 0.348. The SMILES string of the molecule is C[C@@H](c1ccc2[nH]c(C(=O)Nc3cc(F)cc(F)c3)cc2c1)[C@@H]1CCN(CC(F)(F)F)C1. The van der Waals surface area contributed by atoms with Crippen molar-refractivity contribution in [3.05, 3.63) is 65.4 Å². The first-order valence-corrected chi connectivity index (χ1v) is 10.3. The summed E-state index contributed by atoms with van der Waals surface area (Å²) in [7, 11) is 0. The van der Waals surface area contributed by atoms with Gasteiger partial charge in [0.2, 0.25) is 0 Å². The summed E-state index contributed by atoms with van der Waals surface area (Å²) in [5.74, 6) is -1.97. The number of alkyl halides is 3. The molecule has 2 aromatic carbocycles. The molecule has 0 unspecified atom stereocenters. The highest BCUT2D eigenvalue weighted by atomic mass is 19.4. The van der Waals surface area contributed by atoms with Crippen LogP contribution in [0.25, 0.3) is 10.9 Å². The minimum atomic E-state index is -4.20. The van der Waals surface area contributed by atoms with Crippen molar-refractivity contribution in [2.45, 2.75) is 25.4 Å². The van der Waals surface area contributed by atoms with Crippen LogP contribution in [0.4, 0.5) is 27.6 Å². The molecule has 170 valence electrons. The maximum absolute atomic E-state index is 13.3. The van der Waals surface area contributed by atoms with E-state index >= 15 is 0 Å². The largest absolute Gasteiger partial charge is 0.401 e. The standard InChI is InChI=1S/C23H22F5N3O/c1-13(15-4-5-31(11-15)12-23(26,27)28)14-2-3-20-16(6-14)7-21(30-20)22(32)29-19-9-17(24)8-18(25)10-19/h2-3,6-10,13,15,30H,4-5,11-12H2,1H3,(H,29,32)/t13-,15+/m0/s1. The van der Waals surface area contributed by atoms with Crippen molar-refractivity contribution in [2.75, 3.05) is 25.0 Å². The highest BCUT2D eigenvalue weighted by Gasteiger charge is 2.36. The fourth-order valence-corrected chi connectivity index (χ4v) is 4.32. The number of carbonyl (C=O) groups is 1.